The van der Waals surface area contributed by atoms with Crippen molar-refractivity contribution in [3.05, 3.63) is 11.7 Å². The summed E-state index contributed by atoms with van der Waals surface area (Å²) < 4.78 is 16.0. The Morgan fingerprint density at radius 3 is 2.73 bits per heavy atom. The maximum absolute atomic E-state index is 11.8. The van der Waals surface area contributed by atoms with Crippen molar-refractivity contribution in [3.63, 3.8) is 0 Å². The Morgan fingerprint density at radius 1 is 1.45 bits per heavy atom. The second kappa shape index (κ2) is 6.64. The lowest BCUT2D eigenvalue weighted by molar-refractivity contribution is -0.00187. The molecule has 1 aromatic rings. The van der Waals surface area contributed by atoms with Gasteiger partial charge in [0, 0.05) is 32.0 Å². The zero-order valence-electron chi connectivity index (χ0n) is 14.0. The van der Waals surface area contributed by atoms with Gasteiger partial charge < -0.3 is 18.9 Å². The largest absolute Gasteiger partial charge is 0.444 e. The van der Waals surface area contributed by atoms with E-state index in [2.05, 4.69) is 10.1 Å². The van der Waals surface area contributed by atoms with Gasteiger partial charge in [0.05, 0.1) is 0 Å². The third kappa shape index (κ3) is 4.43. The van der Waals surface area contributed by atoms with Crippen molar-refractivity contribution in [3.8, 4) is 0 Å². The Labute approximate surface area is 131 Å². The lowest BCUT2D eigenvalue weighted by atomic mass is 9.97. The molecule has 1 atom stereocenters. The van der Waals surface area contributed by atoms with Crippen LogP contribution in [0.4, 0.5) is 4.79 Å². The highest BCUT2D eigenvalue weighted by atomic mass is 16.6. The summed E-state index contributed by atoms with van der Waals surface area (Å²) in [6, 6.07) is 0. The number of carbonyl (C=O) groups excluding carboxylic acids is 1. The zero-order chi connectivity index (χ0) is 16.3. The molecule has 1 aliphatic heterocycles. The molecule has 2 heterocycles. The van der Waals surface area contributed by atoms with E-state index in [1.807, 2.05) is 34.6 Å². The first-order valence-electron chi connectivity index (χ1n) is 7.70. The fourth-order valence-corrected chi connectivity index (χ4v) is 2.26. The average Bonchev–Trinajstić information content (AvgIpc) is 2.79. The molecule has 7 heteroatoms. The molecule has 0 spiro atoms. The van der Waals surface area contributed by atoms with E-state index in [1.54, 1.807) is 4.90 Å². The second-order valence-corrected chi connectivity index (χ2v) is 6.60. The van der Waals surface area contributed by atoms with E-state index < -0.39 is 5.60 Å². The second-order valence-electron chi connectivity index (χ2n) is 6.60. The summed E-state index contributed by atoms with van der Waals surface area (Å²) >= 11 is 0. The van der Waals surface area contributed by atoms with E-state index in [0.29, 0.717) is 43.8 Å². The van der Waals surface area contributed by atoms with Gasteiger partial charge in [-0.15, -0.1) is 0 Å². The van der Waals surface area contributed by atoms with Crippen LogP contribution in [0.3, 0.4) is 0 Å². The predicted molar refractivity (Wildman–Crippen MR) is 79.3 cm³/mol. The number of aromatic nitrogens is 2. The molecule has 0 radical (unpaired) electrons. The molecule has 7 nitrogen and oxygen atoms in total. The van der Waals surface area contributed by atoms with Crippen LogP contribution < -0.4 is 0 Å². The van der Waals surface area contributed by atoms with Gasteiger partial charge in [0.15, 0.2) is 5.82 Å². The molecule has 2 rings (SSSR count). The van der Waals surface area contributed by atoms with Gasteiger partial charge in [-0.3, -0.25) is 0 Å². The molecule has 0 aliphatic carbocycles. The first-order valence-corrected chi connectivity index (χ1v) is 7.70. The first kappa shape index (κ1) is 16.7. The normalized spacial score (nSPS) is 17.2. The van der Waals surface area contributed by atoms with E-state index in [4.69, 9.17) is 14.0 Å². The van der Waals surface area contributed by atoms with E-state index in [1.165, 1.54) is 0 Å². The third-order valence-corrected chi connectivity index (χ3v) is 3.34. The van der Waals surface area contributed by atoms with Crippen molar-refractivity contribution >= 4 is 6.09 Å². The number of carbonyl (C=O) groups is 1. The Morgan fingerprint density at radius 2 is 2.14 bits per heavy atom. The first-order chi connectivity index (χ1) is 10.3. The molecule has 0 saturated carbocycles. The molecule has 124 valence electrons. The van der Waals surface area contributed by atoms with Crippen molar-refractivity contribution in [2.75, 3.05) is 19.7 Å². The highest BCUT2D eigenvalue weighted by Crippen LogP contribution is 2.23. The van der Waals surface area contributed by atoms with Crippen LogP contribution >= 0.6 is 0 Å². The van der Waals surface area contributed by atoms with Crippen LogP contribution in [0, 0.1) is 5.92 Å². The summed E-state index contributed by atoms with van der Waals surface area (Å²) in [5.74, 6) is 1.50. The quantitative estimate of drug-likeness (QED) is 0.831. The zero-order valence-corrected chi connectivity index (χ0v) is 14.0. The molecule has 1 fully saturated rings. The van der Waals surface area contributed by atoms with Gasteiger partial charge in [0.25, 0.3) is 0 Å². The molecule has 0 bridgehead atoms. The predicted octanol–water partition coefficient (Wildman–Crippen LogP) is 2.58. The molecular weight excluding hydrogens is 286 g/mol. The van der Waals surface area contributed by atoms with Crippen molar-refractivity contribution in [2.45, 2.75) is 52.7 Å². The summed E-state index contributed by atoms with van der Waals surface area (Å²) in [7, 11) is 0. The molecule has 1 unspecified atom stereocenters. The maximum Gasteiger partial charge on any atom is 0.410 e. The molecular formula is C15H25N3O4. The summed E-state index contributed by atoms with van der Waals surface area (Å²) in [4.78, 5) is 17.9. The van der Waals surface area contributed by atoms with Gasteiger partial charge in [-0.1, -0.05) is 5.16 Å². The monoisotopic (exact) mass is 311 g/mol. The Kier molecular flexibility index (Phi) is 5.05. The maximum atomic E-state index is 11.8. The number of hydrogen-bond donors (Lipinski definition) is 0. The molecule has 0 N–H and O–H groups in total. The van der Waals surface area contributed by atoms with Crippen LogP contribution in [-0.4, -0.2) is 46.4 Å². The fourth-order valence-electron chi connectivity index (χ4n) is 2.26. The van der Waals surface area contributed by atoms with Gasteiger partial charge in [0.1, 0.15) is 11.7 Å². The Bertz CT molecular complexity index is 503. The van der Waals surface area contributed by atoms with E-state index in [9.17, 15) is 4.79 Å². The highest BCUT2D eigenvalue weighted by Gasteiger charge is 2.34. The van der Waals surface area contributed by atoms with Crippen LogP contribution in [0.25, 0.3) is 0 Å². The minimum Gasteiger partial charge on any atom is -0.444 e. The van der Waals surface area contributed by atoms with Crippen LogP contribution in [0.2, 0.25) is 0 Å². The summed E-state index contributed by atoms with van der Waals surface area (Å²) in [5, 5.41) is 3.93. The van der Waals surface area contributed by atoms with Gasteiger partial charge in [-0.05, 0) is 34.6 Å². The smallest absolute Gasteiger partial charge is 0.410 e. The third-order valence-electron chi connectivity index (χ3n) is 3.34. The molecule has 1 saturated heterocycles. The minimum absolute atomic E-state index is 0.165. The number of hydrogen-bond acceptors (Lipinski definition) is 6. The number of likely N-dealkylation sites (tertiary alicyclic amines) is 1. The van der Waals surface area contributed by atoms with Crippen molar-refractivity contribution in [1.29, 1.82) is 0 Å². The average molecular weight is 311 g/mol. The fraction of sp³-hybridized carbons (Fsp3) is 0.800. The van der Waals surface area contributed by atoms with Crippen LogP contribution in [0.5, 0.6) is 0 Å². The van der Waals surface area contributed by atoms with Crippen LogP contribution in [-0.2, 0) is 15.9 Å². The van der Waals surface area contributed by atoms with Gasteiger partial charge in [-0.25, -0.2) is 4.79 Å². The van der Waals surface area contributed by atoms with Gasteiger partial charge in [0.2, 0.25) is 5.89 Å². The van der Waals surface area contributed by atoms with Crippen molar-refractivity contribution in [2.24, 2.45) is 5.92 Å². The molecule has 1 aliphatic rings. The molecule has 1 aromatic heterocycles. The SMILES string of the molecule is CCOC(C)c1noc(CC2CN(C(=O)OC(C)(C)C)C2)n1. The topological polar surface area (TPSA) is 77.7 Å². The summed E-state index contributed by atoms with van der Waals surface area (Å²) in [6.07, 6.45) is 0.243. The molecule has 0 aromatic carbocycles. The minimum atomic E-state index is -0.459. The van der Waals surface area contributed by atoms with Crippen LogP contribution in [0.15, 0.2) is 4.52 Å². The Balaban J connectivity index is 1.77. The molecule has 22 heavy (non-hydrogen) atoms. The number of rotatable bonds is 5. The standard InChI is InChI=1S/C15H25N3O4/c1-6-20-10(2)13-16-12(22-17-13)7-11-8-18(9-11)14(19)21-15(3,4)5/h10-11H,6-9H2,1-5H3. The van der Waals surface area contributed by atoms with E-state index in [-0.39, 0.29) is 12.2 Å². The van der Waals surface area contributed by atoms with Crippen molar-refractivity contribution in [1.82, 2.24) is 15.0 Å². The van der Waals surface area contributed by atoms with E-state index in [0.717, 1.165) is 0 Å². The summed E-state index contributed by atoms with van der Waals surface area (Å²) in [6.45, 7) is 11.3. The van der Waals surface area contributed by atoms with Crippen molar-refractivity contribution < 1.29 is 18.8 Å². The van der Waals surface area contributed by atoms with Crippen LogP contribution in [0.1, 0.15) is 52.4 Å². The van der Waals surface area contributed by atoms with Gasteiger partial charge in [-0.2, -0.15) is 4.98 Å². The van der Waals surface area contributed by atoms with Gasteiger partial charge >= 0.3 is 6.09 Å². The highest BCUT2D eigenvalue weighted by molar-refractivity contribution is 5.69. The number of ether oxygens (including phenoxy) is 2. The Hall–Kier alpha value is -1.63. The number of nitrogens with zero attached hydrogens (tertiary/aromatic N) is 3. The lowest BCUT2D eigenvalue weighted by Crippen LogP contribution is -2.52. The van der Waals surface area contributed by atoms with E-state index >= 15 is 0 Å². The lowest BCUT2D eigenvalue weighted by Gasteiger charge is -2.39. The molecule has 1 amide bonds. The number of amides is 1. The summed E-state index contributed by atoms with van der Waals surface area (Å²) in [5.41, 5.74) is -0.459.